The number of carboxylic acid groups (broad SMARTS) is 1. The molecular weight excluding hydrogens is 119 g/mol. The van der Waals surface area contributed by atoms with Gasteiger partial charge in [-0.3, -0.25) is 0 Å². The maximum absolute atomic E-state index is 9.50. The van der Waals surface area contributed by atoms with Crippen LogP contribution in [0, 0.1) is 0 Å². The molecule has 0 rings (SSSR count). The molecule has 0 bridgehead atoms. The average molecular weight is 123 g/mol. The van der Waals surface area contributed by atoms with Crippen molar-refractivity contribution in [3.05, 3.63) is 0 Å². The van der Waals surface area contributed by atoms with Gasteiger partial charge in [-0.05, 0) is 4.57 Å². The van der Waals surface area contributed by atoms with Gasteiger partial charge in [0.05, 0.1) is 0 Å². The van der Waals surface area contributed by atoms with Crippen LogP contribution in [0.5, 0.6) is 0 Å². The van der Waals surface area contributed by atoms with Gasteiger partial charge < -0.3 is 5.11 Å². The van der Waals surface area contributed by atoms with Gasteiger partial charge in [-0.1, -0.05) is 0 Å². The lowest BCUT2D eigenvalue weighted by Crippen LogP contribution is -2.00. The Morgan fingerprint density at radius 3 is 2.57 bits per heavy atom. The van der Waals surface area contributed by atoms with Gasteiger partial charge in [-0.2, -0.15) is 0 Å². The number of rotatable bonds is 3. The molecule has 0 amide bonds. The summed E-state index contributed by atoms with van der Waals surface area (Å²) in [6.07, 6.45) is 0. The fourth-order valence-corrected chi connectivity index (χ4v) is 0.274. The molecule has 5 heteroatoms. The van der Waals surface area contributed by atoms with Crippen LogP contribution in [0.2, 0.25) is 0 Å². The van der Waals surface area contributed by atoms with E-state index in [4.69, 9.17) is 5.11 Å². The predicted molar refractivity (Wildman–Crippen MR) is 22.6 cm³/mol. The topological polar surface area (TPSA) is 63.6 Å². The molecule has 0 aliphatic rings. The van der Waals surface area contributed by atoms with Crippen molar-refractivity contribution in [3.8, 4) is 0 Å². The van der Waals surface area contributed by atoms with Crippen LogP contribution in [0.25, 0.3) is 0 Å². The van der Waals surface area contributed by atoms with Crippen LogP contribution in [0.3, 0.4) is 0 Å². The normalized spacial score (nSPS) is 9.14. The maximum atomic E-state index is 9.50. The first-order chi connectivity index (χ1) is 3.27. The van der Waals surface area contributed by atoms with Crippen molar-refractivity contribution < 1.29 is 19.0 Å². The molecule has 4 nitrogen and oxygen atoms in total. The van der Waals surface area contributed by atoms with Crippen molar-refractivity contribution in [2.75, 3.05) is 6.61 Å². The minimum absolute atomic E-state index is 0.484. The van der Waals surface area contributed by atoms with Crippen LogP contribution in [0.4, 0.5) is 0 Å². The van der Waals surface area contributed by atoms with Gasteiger partial charge in [0.2, 0.25) is 0 Å². The molecule has 0 aromatic rings. The third-order valence-corrected chi connectivity index (χ3v) is 0.517. The van der Waals surface area contributed by atoms with Gasteiger partial charge in [0.25, 0.3) is 0 Å². The predicted octanol–water partition coefficient (Wildman–Crippen LogP) is 0.0266. The second kappa shape index (κ2) is 3.71. The highest BCUT2D eigenvalue weighted by atomic mass is 31.1. The molecule has 0 saturated carbocycles. The molecule has 0 aliphatic carbocycles. The van der Waals surface area contributed by atoms with Crippen LogP contribution >= 0.6 is 8.69 Å². The molecule has 1 atom stereocenters. The van der Waals surface area contributed by atoms with Gasteiger partial charge in [0.15, 0.2) is 6.61 Å². The Hall–Kier alpha value is -0.470. The summed E-state index contributed by atoms with van der Waals surface area (Å²) < 4.78 is 13.3. The maximum Gasteiger partial charge on any atom is 0.494 e. The third-order valence-electron chi connectivity index (χ3n) is 0.255. The summed E-state index contributed by atoms with van der Waals surface area (Å²) >= 11 is 0. The molecule has 0 saturated heterocycles. The highest BCUT2D eigenvalue weighted by Gasteiger charge is 1.97. The lowest BCUT2D eigenvalue weighted by atomic mass is 10.8. The van der Waals surface area contributed by atoms with Crippen LogP contribution in [0.1, 0.15) is 0 Å². The van der Waals surface area contributed by atoms with Crippen LogP contribution in [0.15, 0.2) is 0 Å². The first kappa shape index (κ1) is 6.53. The summed E-state index contributed by atoms with van der Waals surface area (Å²) in [5.74, 6) is -1.11. The van der Waals surface area contributed by atoms with E-state index in [-0.39, 0.29) is 0 Å². The van der Waals surface area contributed by atoms with E-state index in [0.717, 1.165) is 0 Å². The first-order valence-corrected chi connectivity index (χ1v) is 2.29. The van der Waals surface area contributed by atoms with Crippen molar-refractivity contribution in [1.82, 2.24) is 0 Å². The Labute approximate surface area is 41.4 Å². The van der Waals surface area contributed by atoms with E-state index in [1.54, 1.807) is 0 Å². The van der Waals surface area contributed by atoms with Crippen molar-refractivity contribution in [2.24, 2.45) is 0 Å². The van der Waals surface area contributed by atoms with E-state index in [9.17, 15) is 9.36 Å². The minimum Gasteiger partial charge on any atom is -0.479 e. The molecular formula is C2H4O4P+. The summed E-state index contributed by atoms with van der Waals surface area (Å²) in [5.41, 5.74) is 0. The minimum atomic E-state index is -1.11. The fourth-order valence-electron chi connectivity index (χ4n) is 0.0912. The van der Waals surface area contributed by atoms with Gasteiger partial charge in [-0.15, -0.1) is 4.52 Å². The number of carbonyl (C=O) groups is 1. The van der Waals surface area contributed by atoms with Gasteiger partial charge >= 0.3 is 14.7 Å². The van der Waals surface area contributed by atoms with Crippen LogP contribution in [-0.4, -0.2) is 17.7 Å². The average Bonchev–Trinajstić information content (AvgIpc) is 1.61. The van der Waals surface area contributed by atoms with Gasteiger partial charge in [0.1, 0.15) is 0 Å². The van der Waals surface area contributed by atoms with Gasteiger partial charge in [-0.25, -0.2) is 4.79 Å². The summed E-state index contributed by atoms with van der Waals surface area (Å²) in [5, 5.41) is 7.79. The Morgan fingerprint density at radius 2 is 2.43 bits per heavy atom. The first-order valence-electron chi connectivity index (χ1n) is 1.48. The second-order valence-electron chi connectivity index (χ2n) is 0.766. The fraction of sp³-hybridized carbons (Fsp3) is 0.500. The largest absolute Gasteiger partial charge is 0.494 e. The molecule has 0 aromatic heterocycles. The standard InChI is InChI=1S/C2H3O4P/c3-2(4)1-6-7-5/h7H,1H2/p+1. The van der Waals surface area contributed by atoms with E-state index < -0.39 is 21.3 Å². The van der Waals surface area contributed by atoms with E-state index in [2.05, 4.69) is 4.52 Å². The lowest BCUT2D eigenvalue weighted by Gasteiger charge is -1.75. The highest BCUT2D eigenvalue weighted by Crippen LogP contribution is 1.90. The van der Waals surface area contributed by atoms with Crippen molar-refractivity contribution >= 4 is 14.7 Å². The summed E-state index contributed by atoms with van der Waals surface area (Å²) in [6.45, 7) is -0.484. The van der Waals surface area contributed by atoms with Crippen molar-refractivity contribution in [3.63, 3.8) is 0 Å². The number of hydrogen-bond donors (Lipinski definition) is 1. The SMILES string of the molecule is O=[PH+]OCC(=O)O. The Morgan fingerprint density at radius 1 is 1.86 bits per heavy atom. The van der Waals surface area contributed by atoms with Crippen LogP contribution in [-0.2, 0) is 13.9 Å². The van der Waals surface area contributed by atoms with E-state index in [1.807, 2.05) is 0 Å². The van der Waals surface area contributed by atoms with Crippen molar-refractivity contribution in [1.29, 1.82) is 0 Å². The zero-order valence-corrected chi connectivity index (χ0v) is 4.38. The van der Waals surface area contributed by atoms with E-state index >= 15 is 0 Å². The molecule has 7 heavy (non-hydrogen) atoms. The summed E-state index contributed by atoms with van der Waals surface area (Å²) in [7, 11) is -0.980. The number of aliphatic carboxylic acids is 1. The zero-order valence-electron chi connectivity index (χ0n) is 3.38. The summed E-state index contributed by atoms with van der Waals surface area (Å²) in [6, 6.07) is 0. The molecule has 0 radical (unpaired) electrons. The van der Waals surface area contributed by atoms with Crippen molar-refractivity contribution in [2.45, 2.75) is 0 Å². The molecule has 40 valence electrons. The Kier molecular flexibility index (Phi) is 3.46. The lowest BCUT2D eigenvalue weighted by molar-refractivity contribution is -0.139. The number of hydrogen-bond acceptors (Lipinski definition) is 3. The van der Waals surface area contributed by atoms with Gasteiger partial charge in [0, 0.05) is 0 Å². The van der Waals surface area contributed by atoms with E-state index in [1.165, 1.54) is 0 Å². The zero-order chi connectivity index (χ0) is 5.70. The molecule has 0 fully saturated rings. The Bertz CT molecular complexity index is 79.8. The Balaban J connectivity index is 2.97. The molecule has 0 spiro atoms. The molecule has 0 aromatic carbocycles. The molecule has 0 heterocycles. The summed E-state index contributed by atoms with van der Waals surface area (Å²) in [4.78, 5) is 9.50. The molecule has 1 unspecified atom stereocenters. The van der Waals surface area contributed by atoms with E-state index in [0.29, 0.717) is 0 Å². The number of carboxylic acids is 1. The smallest absolute Gasteiger partial charge is 0.479 e. The molecule has 1 N–H and O–H groups in total. The third kappa shape index (κ3) is 5.53. The molecule has 0 aliphatic heterocycles. The highest BCUT2D eigenvalue weighted by molar-refractivity contribution is 7.17. The monoisotopic (exact) mass is 123 g/mol. The van der Waals surface area contributed by atoms with Crippen LogP contribution < -0.4 is 0 Å². The second-order valence-corrected chi connectivity index (χ2v) is 1.22. The quantitative estimate of drug-likeness (QED) is 0.537.